The zero-order valence-corrected chi connectivity index (χ0v) is 9.84. The molecule has 0 unspecified atom stereocenters. The topological polar surface area (TPSA) is 86.3 Å². The van der Waals surface area contributed by atoms with Gasteiger partial charge < -0.3 is 25.2 Å². The Morgan fingerprint density at radius 1 is 1.41 bits per heavy atom. The van der Waals surface area contributed by atoms with Crippen molar-refractivity contribution >= 4 is 5.84 Å². The zero-order valence-electron chi connectivity index (χ0n) is 9.84. The highest BCUT2D eigenvalue weighted by Gasteiger charge is 2.08. The van der Waals surface area contributed by atoms with Gasteiger partial charge in [-0.15, -0.1) is 0 Å². The minimum Gasteiger partial charge on any atom is -0.493 e. The molecule has 0 amide bonds. The van der Waals surface area contributed by atoms with E-state index in [0.717, 1.165) is 0 Å². The van der Waals surface area contributed by atoms with Gasteiger partial charge in [0.1, 0.15) is 0 Å². The van der Waals surface area contributed by atoms with Gasteiger partial charge in [0.05, 0.1) is 7.11 Å². The summed E-state index contributed by atoms with van der Waals surface area (Å²) >= 11 is 0. The molecule has 0 radical (unpaired) electrons. The van der Waals surface area contributed by atoms with Gasteiger partial charge in [0.15, 0.2) is 24.1 Å². The fraction of sp³-hybridized carbons (Fsp3) is 0.364. The molecular weight excluding hydrogens is 224 g/mol. The minimum absolute atomic E-state index is 0.0136. The third-order valence-electron chi connectivity index (χ3n) is 2.07. The van der Waals surface area contributed by atoms with Crippen molar-refractivity contribution < 1.29 is 19.4 Å². The predicted molar refractivity (Wildman–Crippen MR) is 62.6 cm³/mol. The highest BCUT2D eigenvalue weighted by molar-refractivity contribution is 5.97. The van der Waals surface area contributed by atoms with Gasteiger partial charge in [0.25, 0.3) is 0 Å². The molecule has 0 heterocycles. The largest absolute Gasteiger partial charge is 0.493 e. The van der Waals surface area contributed by atoms with Crippen molar-refractivity contribution in [2.45, 2.75) is 6.92 Å². The predicted octanol–water partition coefficient (Wildman–Crippen LogP) is 1.16. The van der Waals surface area contributed by atoms with Crippen molar-refractivity contribution in [2.75, 3.05) is 20.5 Å². The number of amidine groups is 1. The second-order valence-electron chi connectivity index (χ2n) is 3.11. The molecule has 17 heavy (non-hydrogen) atoms. The lowest BCUT2D eigenvalue weighted by Crippen LogP contribution is -2.13. The minimum atomic E-state index is 0.0136. The quantitative estimate of drug-likeness (QED) is 0.195. The highest BCUT2D eigenvalue weighted by atomic mass is 16.7. The van der Waals surface area contributed by atoms with Crippen molar-refractivity contribution in [1.29, 1.82) is 0 Å². The number of methoxy groups -OCH3 is 1. The number of rotatable bonds is 6. The van der Waals surface area contributed by atoms with Gasteiger partial charge in [0.2, 0.25) is 0 Å². The van der Waals surface area contributed by atoms with E-state index < -0.39 is 0 Å². The number of hydrogen-bond acceptors (Lipinski definition) is 5. The molecule has 0 spiro atoms. The van der Waals surface area contributed by atoms with E-state index in [1.165, 1.54) is 7.11 Å². The van der Waals surface area contributed by atoms with E-state index in [0.29, 0.717) is 23.7 Å². The Balaban J connectivity index is 2.85. The van der Waals surface area contributed by atoms with Crippen LogP contribution in [0.25, 0.3) is 0 Å². The Morgan fingerprint density at radius 3 is 2.76 bits per heavy atom. The second-order valence-corrected chi connectivity index (χ2v) is 3.11. The molecule has 0 bridgehead atoms. The molecule has 3 N–H and O–H groups in total. The maximum atomic E-state index is 8.57. The Morgan fingerprint density at radius 2 is 2.18 bits per heavy atom. The smallest absolute Gasteiger partial charge is 0.189 e. The first kappa shape index (κ1) is 13.1. The van der Waals surface area contributed by atoms with Gasteiger partial charge in [-0.2, -0.15) is 0 Å². The molecule has 0 aliphatic carbocycles. The van der Waals surface area contributed by atoms with Crippen LogP contribution in [0.1, 0.15) is 12.5 Å². The van der Waals surface area contributed by atoms with Crippen LogP contribution in [0.3, 0.4) is 0 Å². The Kier molecular flexibility index (Phi) is 5.09. The van der Waals surface area contributed by atoms with Crippen molar-refractivity contribution in [3.05, 3.63) is 23.8 Å². The molecule has 0 aliphatic heterocycles. The van der Waals surface area contributed by atoms with Gasteiger partial charge in [-0.25, -0.2) is 0 Å². The number of ether oxygens (including phenoxy) is 3. The molecule has 0 aliphatic rings. The summed E-state index contributed by atoms with van der Waals surface area (Å²) in [4.78, 5) is 0. The average Bonchev–Trinajstić information content (AvgIpc) is 2.38. The van der Waals surface area contributed by atoms with E-state index in [1.54, 1.807) is 18.2 Å². The van der Waals surface area contributed by atoms with Crippen LogP contribution in [-0.4, -0.2) is 31.6 Å². The standard InChI is InChI=1S/C11H16N2O4/c1-3-16-7-17-9-5-4-8(11(12)13-14)6-10(9)15-2/h4-6,14H,3,7H2,1-2H3,(H2,12,13). The van der Waals surface area contributed by atoms with Crippen LogP contribution in [0, 0.1) is 0 Å². The van der Waals surface area contributed by atoms with Crippen LogP contribution < -0.4 is 15.2 Å². The number of hydrogen-bond donors (Lipinski definition) is 2. The summed E-state index contributed by atoms with van der Waals surface area (Å²) in [6, 6.07) is 4.96. The number of benzene rings is 1. The van der Waals surface area contributed by atoms with Gasteiger partial charge >= 0.3 is 0 Å². The molecule has 6 nitrogen and oxygen atoms in total. The average molecular weight is 240 g/mol. The lowest BCUT2D eigenvalue weighted by Gasteiger charge is -2.11. The Bertz CT molecular complexity index is 393. The van der Waals surface area contributed by atoms with Crippen LogP contribution in [0.2, 0.25) is 0 Å². The van der Waals surface area contributed by atoms with Crippen molar-refractivity contribution in [3.8, 4) is 11.5 Å². The van der Waals surface area contributed by atoms with E-state index >= 15 is 0 Å². The second kappa shape index (κ2) is 6.59. The van der Waals surface area contributed by atoms with Gasteiger partial charge in [0, 0.05) is 12.2 Å². The molecule has 1 aromatic carbocycles. The van der Waals surface area contributed by atoms with Crippen LogP contribution >= 0.6 is 0 Å². The molecule has 0 saturated carbocycles. The maximum absolute atomic E-state index is 8.57. The fourth-order valence-corrected chi connectivity index (χ4v) is 1.19. The number of oxime groups is 1. The van der Waals surface area contributed by atoms with Gasteiger partial charge in [-0.05, 0) is 25.1 Å². The lowest BCUT2D eigenvalue weighted by atomic mass is 10.2. The van der Waals surface area contributed by atoms with Crippen LogP contribution in [0.5, 0.6) is 11.5 Å². The fourth-order valence-electron chi connectivity index (χ4n) is 1.19. The summed E-state index contributed by atoms with van der Waals surface area (Å²) in [6.45, 7) is 2.60. The molecular formula is C11H16N2O4. The van der Waals surface area contributed by atoms with E-state index in [4.69, 9.17) is 25.2 Å². The zero-order chi connectivity index (χ0) is 12.7. The Labute approximate surface area is 99.6 Å². The molecule has 6 heteroatoms. The van der Waals surface area contributed by atoms with Gasteiger partial charge in [-0.3, -0.25) is 0 Å². The van der Waals surface area contributed by atoms with E-state index in [-0.39, 0.29) is 12.6 Å². The monoisotopic (exact) mass is 240 g/mol. The maximum Gasteiger partial charge on any atom is 0.189 e. The van der Waals surface area contributed by atoms with Crippen LogP contribution in [0.4, 0.5) is 0 Å². The Hall–Kier alpha value is -1.95. The molecule has 0 atom stereocenters. The number of nitrogens with zero attached hydrogens (tertiary/aromatic N) is 1. The van der Waals surface area contributed by atoms with Crippen LogP contribution in [-0.2, 0) is 4.74 Å². The van der Waals surface area contributed by atoms with Crippen molar-refractivity contribution in [3.63, 3.8) is 0 Å². The third-order valence-corrected chi connectivity index (χ3v) is 2.07. The van der Waals surface area contributed by atoms with Gasteiger partial charge in [-0.1, -0.05) is 5.16 Å². The summed E-state index contributed by atoms with van der Waals surface area (Å²) in [7, 11) is 1.51. The summed E-state index contributed by atoms with van der Waals surface area (Å²) in [5.74, 6) is 1.05. The molecule has 0 aromatic heterocycles. The summed E-state index contributed by atoms with van der Waals surface area (Å²) in [5.41, 5.74) is 6.02. The first-order valence-corrected chi connectivity index (χ1v) is 5.09. The highest BCUT2D eigenvalue weighted by Crippen LogP contribution is 2.27. The van der Waals surface area contributed by atoms with Crippen LogP contribution in [0.15, 0.2) is 23.4 Å². The van der Waals surface area contributed by atoms with E-state index in [1.807, 2.05) is 6.92 Å². The van der Waals surface area contributed by atoms with Crippen molar-refractivity contribution in [1.82, 2.24) is 0 Å². The van der Waals surface area contributed by atoms with E-state index in [9.17, 15) is 0 Å². The summed E-state index contributed by atoms with van der Waals surface area (Å²) in [5, 5.41) is 11.5. The molecule has 0 fully saturated rings. The molecule has 94 valence electrons. The molecule has 0 saturated heterocycles. The molecule has 1 rings (SSSR count). The first-order valence-electron chi connectivity index (χ1n) is 5.09. The van der Waals surface area contributed by atoms with E-state index in [2.05, 4.69) is 5.16 Å². The third kappa shape index (κ3) is 3.53. The summed E-state index contributed by atoms with van der Waals surface area (Å²) < 4.78 is 15.6. The summed E-state index contributed by atoms with van der Waals surface area (Å²) in [6.07, 6.45) is 0. The SMILES string of the molecule is CCOCOc1ccc(C(N)=NO)cc1OC. The normalized spacial score (nSPS) is 11.3. The lowest BCUT2D eigenvalue weighted by molar-refractivity contribution is 0.0209. The van der Waals surface area contributed by atoms with Crippen molar-refractivity contribution in [2.24, 2.45) is 10.9 Å². The number of nitrogens with two attached hydrogens (primary N) is 1. The molecule has 1 aromatic rings. The first-order chi connectivity index (χ1) is 8.22.